The molecule has 4 nitrogen and oxygen atoms in total. The Morgan fingerprint density at radius 3 is 2.94 bits per heavy atom. The fourth-order valence-electron chi connectivity index (χ4n) is 2.38. The number of rotatable bonds is 2. The average Bonchev–Trinajstić information content (AvgIpc) is 2.53. The predicted octanol–water partition coefficient (Wildman–Crippen LogP) is 1.89. The Hall–Kier alpha value is -1.55. The number of nitrogens with zero attached hydrogens (tertiary/aromatic N) is 1. The Morgan fingerprint density at radius 2 is 2.28 bits per heavy atom. The fraction of sp³-hybridized carbons (Fsp3) is 0.500. The number of ether oxygens (including phenoxy) is 1. The molecule has 4 heteroatoms. The number of amidine groups is 1. The Morgan fingerprint density at radius 1 is 1.50 bits per heavy atom. The number of hydrogen-bond donors (Lipinski definition) is 2. The van der Waals surface area contributed by atoms with Crippen molar-refractivity contribution in [1.29, 1.82) is 5.41 Å². The number of benzene rings is 1. The van der Waals surface area contributed by atoms with Gasteiger partial charge in [0.05, 0.1) is 6.10 Å². The molecule has 1 aliphatic heterocycles. The molecule has 0 amide bonds. The van der Waals surface area contributed by atoms with E-state index < -0.39 is 0 Å². The monoisotopic (exact) mass is 247 g/mol. The lowest BCUT2D eigenvalue weighted by atomic mass is 10.1. The molecule has 1 atom stereocenters. The Labute approximate surface area is 108 Å². The molecule has 1 saturated heterocycles. The second-order valence-corrected chi connectivity index (χ2v) is 4.89. The molecule has 0 spiro atoms. The zero-order chi connectivity index (χ0) is 13.1. The summed E-state index contributed by atoms with van der Waals surface area (Å²) in [7, 11) is 0. The van der Waals surface area contributed by atoms with Crippen LogP contribution in [0.2, 0.25) is 0 Å². The first kappa shape index (κ1) is 12.9. The van der Waals surface area contributed by atoms with Gasteiger partial charge in [-0.1, -0.05) is 0 Å². The normalized spacial score (nSPS) is 20.6. The van der Waals surface area contributed by atoms with Crippen LogP contribution in [0.5, 0.6) is 0 Å². The number of anilines is 1. The molecule has 1 aromatic rings. The zero-order valence-corrected chi connectivity index (χ0v) is 11.1. The number of aryl methyl sites for hydroxylation is 1. The summed E-state index contributed by atoms with van der Waals surface area (Å²) in [5.74, 6) is 0.131. The van der Waals surface area contributed by atoms with Gasteiger partial charge in [0.25, 0.3) is 0 Å². The molecule has 0 radical (unpaired) electrons. The molecule has 1 aromatic carbocycles. The minimum Gasteiger partial charge on any atom is -0.384 e. The maximum absolute atomic E-state index is 7.50. The smallest absolute Gasteiger partial charge is 0.123 e. The van der Waals surface area contributed by atoms with E-state index in [2.05, 4.69) is 17.9 Å². The van der Waals surface area contributed by atoms with Crippen molar-refractivity contribution in [2.24, 2.45) is 5.73 Å². The molecule has 0 saturated carbocycles. The van der Waals surface area contributed by atoms with E-state index in [-0.39, 0.29) is 11.9 Å². The van der Waals surface area contributed by atoms with Gasteiger partial charge in [-0.15, -0.1) is 0 Å². The van der Waals surface area contributed by atoms with E-state index in [4.69, 9.17) is 15.9 Å². The van der Waals surface area contributed by atoms with Gasteiger partial charge in [0, 0.05) is 30.9 Å². The first-order valence-corrected chi connectivity index (χ1v) is 6.39. The lowest BCUT2D eigenvalue weighted by Gasteiger charge is -2.25. The Kier molecular flexibility index (Phi) is 3.87. The van der Waals surface area contributed by atoms with Crippen molar-refractivity contribution < 1.29 is 4.74 Å². The topological polar surface area (TPSA) is 62.3 Å². The van der Waals surface area contributed by atoms with E-state index in [1.165, 1.54) is 5.69 Å². The van der Waals surface area contributed by atoms with E-state index in [1.54, 1.807) is 0 Å². The van der Waals surface area contributed by atoms with E-state index in [0.29, 0.717) is 0 Å². The fourth-order valence-corrected chi connectivity index (χ4v) is 2.38. The lowest BCUT2D eigenvalue weighted by Crippen LogP contribution is -2.30. The molecule has 18 heavy (non-hydrogen) atoms. The number of nitrogens with two attached hydrogens (primary N) is 1. The largest absolute Gasteiger partial charge is 0.384 e. The van der Waals surface area contributed by atoms with Crippen molar-refractivity contribution in [3.8, 4) is 0 Å². The van der Waals surface area contributed by atoms with Gasteiger partial charge in [-0.25, -0.2) is 0 Å². The van der Waals surface area contributed by atoms with Crippen LogP contribution in [0.15, 0.2) is 18.2 Å². The summed E-state index contributed by atoms with van der Waals surface area (Å²) in [6, 6.07) is 6.08. The van der Waals surface area contributed by atoms with Crippen LogP contribution in [0.4, 0.5) is 5.69 Å². The van der Waals surface area contributed by atoms with Crippen molar-refractivity contribution in [3.63, 3.8) is 0 Å². The molecule has 2 rings (SSSR count). The van der Waals surface area contributed by atoms with Crippen LogP contribution in [-0.2, 0) is 4.74 Å². The van der Waals surface area contributed by atoms with Crippen molar-refractivity contribution >= 4 is 11.5 Å². The highest BCUT2D eigenvalue weighted by molar-refractivity contribution is 5.96. The van der Waals surface area contributed by atoms with E-state index in [1.807, 2.05) is 19.1 Å². The molecule has 0 aromatic heterocycles. The summed E-state index contributed by atoms with van der Waals surface area (Å²) >= 11 is 0. The van der Waals surface area contributed by atoms with Crippen LogP contribution in [0.1, 0.15) is 24.5 Å². The predicted molar refractivity (Wildman–Crippen MR) is 74.4 cm³/mol. The molecule has 1 aliphatic rings. The average molecular weight is 247 g/mol. The second-order valence-electron chi connectivity index (χ2n) is 4.89. The first-order chi connectivity index (χ1) is 8.58. The molecule has 1 heterocycles. The van der Waals surface area contributed by atoms with Crippen LogP contribution in [0, 0.1) is 12.3 Å². The van der Waals surface area contributed by atoms with E-state index in [0.717, 1.165) is 37.2 Å². The molecular formula is C14H21N3O. The molecular weight excluding hydrogens is 226 g/mol. The third-order valence-corrected chi connectivity index (χ3v) is 3.32. The number of nitrogens with one attached hydrogen (secondary N) is 1. The second kappa shape index (κ2) is 5.40. The molecule has 0 aliphatic carbocycles. The minimum absolute atomic E-state index is 0.131. The van der Waals surface area contributed by atoms with Crippen molar-refractivity contribution in [3.05, 3.63) is 29.3 Å². The zero-order valence-electron chi connectivity index (χ0n) is 11.1. The van der Waals surface area contributed by atoms with Gasteiger partial charge in [-0.3, -0.25) is 5.41 Å². The molecule has 98 valence electrons. The van der Waals surface area contributed by atoms with Gasteiger partial charge < -0.3 is 15.4 Å². The standard InChI is InChI=1S/C14H21N3O/c1-10-8-12(4-5-13(10)14(15)16)17-6-3-7-18-11(2)9-17/h4-5,8,11H,3,6-7,9H2,1-2H3,(H3,15,16). The number of nitrogen functional groups attached to an aromatic ring is 1. The van der Waals surface area contributed by atoms with Crippen molar-refractivity contribution in [2.75, 3.05) is 24.6 Å². The van der Waals surface area contributed by atoms with Gasteiger partial charge >= 0.3 is 0 Å². The van der Waals surface area contributed by atoms with Gasteiger partial charge in [0.2, 0.25) is 0 Å². The molecule has 3 N–H and O–H groups in total. The van der Waals surface area contributed by atoms with Gasteiger partial charge in [0.15, 0.2) is 0 Å². The highest BCUT2D eigenvalue weighted by Crippen LogP contribution is 2.21. The van der Waals surface area contributed by atoms with Crippen molar-refractivity contribution in [1.82, 2.24) is 0 Å². The maximum atomic E-state index is 7.50. The molecule has 1 unspecified atom stereocenters. The van der Waals surface area contributed by atoms with Gasteiger partial charge in [-0.05, 0) is 44.0 Å². The molecule has 1 fully saturated rings. The van der Waals surface area contributed by atoms with Crippen LogP contribution in [0.3, 0.4) is 0 Å². The van der Waals surface area contributed by atoms with Crippen LogP contribution >= 0.6 is 0 Å². The third kappa shape index (κ3) is 2.82. The van der Waals surface area contributed by atoms with Crippen molar-refractivity contribution in [2.45, 2.75) is 26.4 Å². The Balaban J connectivity index is 2.22. The summed E-state index contributed by atoms with van der Waals surface area (Å²) in [6.45, 7) is 6.87. The minimum atomic E-state index is 0.131. The van der Waals surface area contributed by atoms with Crippen LogP contribution in [0.25, 0.3) is 0 Å². The first-order valence-electron chi connectivity index (χ1n) is 6.39. The summed E-state index contributed by atoms with van der Waals surface area (Å²) in [6.07, 6.45) is 1.32. The number of hydrogen-bond acceptors (Lipinski definition) is 3. The highest BCUT2D eigenvalue weighted by Gasteiger charge is 2.16. The summed E-state index contributed by atoms with van der Waals surface area (Å²) < 4.78 is 5.65. The molecule has 0 bridgehead atoms. The van der Waals surface area contributed by atoms with E-state index >= 15 is 0 Å². The summed E-state index contributed by atoms with van der Waals surface area (Å²) in [5, 5.41) is 7.50. The van der Waals surface area contributed by atoms with Gasteiger partial charge in [0.1, 0.15) is 5.84 Å². The SMILES string of the molecule is Cc1cc(N2CCCOC(C)C2)ccc1C(=N)N. The quantitative estimate of drug-likeness (QED) is 0.619. The lowest BCUT2D eigenvalue weighted by molar-refractivity contribution is 0.0821. The summed E-state index contributed by atoms with van der Waals surface area (Å²) in [4.78, 5) is 2.34. The van der Waals surface area contributed by atoms with Crippen LogP contribution in [-0.4, -0.2) is 31.6 Å². The van der Waals surface area contributed by atoms with Crippen LogP contribution < -0.4 is 10.6 Å². The van der Waals surface area contributed by atoms with Gasteiger partial charge in [-0.2, -0.15) is 0 Å². The highest BCUT2D eigenvalue weighted by atomic mass is 16.5. The summed E-state index contributed by atoms with van der Waals surface area (Å²) in [5.41, 5.74) is 8.60. The third-order valence-electron chi connectivity index (χ3n) is 3.32. The maximum Gasteiger partial charge on any atom is 0.123 e. The van der Waals surface area contributed by atoms with E-state index in [9.17, 15) is 0 Å². The Bertz CT molecular complexity index is 445.